The van der Waals surface area contributed by atoms with E-state index in [2.05, 4.69) is 30.9 Å². The molecule has 0 aliphatic rings. The standard InChI is InChI=1S/C23H41N9O5S/c1-4-13(2)18(32-19(33)15(24)6-5-8-28-23(25)26)21(35)30-16(7-9-38-3)20(34)31-17(22(36)37)10-14-11-27-12-29-14/h11-13,15-18H,4-10,24H2,1-3H3,(H,27,29)(H,30,35)(H,31,34)(H,32,33)(H,36,37)(H4,25,26,28). The van der Waals surface area contributed by atoms with E-state index in [-0.39, 0.29) is 24.7 Å². The van der Waals surface area contributed by atoms with Gasteiger partial charge in [0.25, 0.3) is 0 Å². The van der Waals surface area contributed by atoms with E-state index >= 15 is 0 Å². The average Bonchev–Trinajstić information content (AvgIpc) is 3.39. The molecule has 0 fully saturated rings. The molecule has 11 N–H and O–H groups in total. The van der Waals surface area contributed by atoms with Gasteiger partial charge in [0.1, 0.15) is 18.1 Å². The summed E-state index contributed by atoms with van der Waals surface area (Å²) < 4.78 is 0. The summed E-state index contributed by atoms with van der Waals surface area (Å²) >= 11 is 1.48. The number of nitrogens with one attached hydrogen (secondary N) is 4. The molecule has 0 saturated heterocycles. The summed E-state index contributed by atoms with van der Waals surface area (Å²) in [6.45, 7) is 4.00. The SMILES string of the molecule is CCC(C)C(NC(=O)C(N)CCCN=C(N)N)C(=O)NC(CCSC)C(=O)NC(Cc1cnc[nH]1)C(=O)O. The second-order valence-electron chi connectivity index (χ2n) is 8.95. The van der Waals surface area contributed by atoms with Gasteiger partial charge in [0.2, 0.25) is 17.7 Å². The van der Waals surface area contributed by atoms with Crippen LogP contribution in [0.3, 0.4) is 0 Å². The van der Waals surface area contributed by atoms with Crippen molar-refractivity contribution in [3.05, 3.63) is 18.2 Å². The number of amides is 3. The lowest BCUT2D eigenvalue weighted by Crippen LogP contribution is -2.58. The molecule has 38 heavy (non-hydrogen) atoms. The van der Waals surface area contributed by atoms with E-state index in [0.29, 0.717) is 37.3 Å². The Kier molecular flexibility index (Phi) is 14.8. The van der Waals surface area contributed by atoms with Crippen LogP contribution in [0.2, 0.25) is 0 Å². The first-order chi connectivity index (χ1) is 18.0. The van der Waals surface area contributed by atoms with Gasteiger partial charge in [0.05, 0.1) is 12.4 Å². The first-order valence-corrected chi connectivity index (χ1v) is 13.8. The van der Waals surface area contributed by atoms with Crippen LogP contribution in [0.4, 0.5) is 0 Å². The van der Waals surface area contributed by atoms with Gasteiger partial charge in [-0.3, -0.25) is 19.4 Å². The predicted molar refractivity (Wildman–Crippen MR) is 146 cm³/mol. The number of nitrogens with two attached hydrogens (primary N) is 3. The number of thioether (sulfide) groups is 1. The maximum absolute atomic E-state index is 13.3. The van der Waals surface area contributed by atoms with Gasteiger partial charge in [-0.15, -0.1) is 0 Å². The number of aliphatic carboxylic acids is 1. The zero-order valence-corrected chi connectivity index (χ0v) is 22.9. The van der Waals surface area contributed by atoms with E-state index in [1.807, 2.05) is 13.2 Å². The number of carbonyl (C=O) groups is 4. The summed E-state index contributed by atoms with van der Waals surface area (Å²) in [6, 6.07) is -4.05. The van der Waals surface area contributed by atoms with E-state index in [4.69, 9.17) is 17.2 Å². The van der Waals surface area contributed by atoms with Crippen LogP contribution in [0.5, 0.6) is 0 Å². The van der Waals surface area contributed by atoms with Crippen LogP contribution < -0.4 is 33.2 Å². The third-order valence-corrected chi connectivity index (χ3v) is 6.58. The molecule has 0 aromatic carbocycles. The van der Waals surface area contributed by atoms with Crippen LogP contribution in [-0.2, 0) is 25.6 Å². The Morgan fingerprint density at radius 1 is 1.11 bits per heavy atom. The van der Waals surface area contributed by atoms with Crippen molar-refractivity contribution in [2.75, 3.05) is 18.6 Å². The molecule has 5 unspecified atom stereocenters. The molecule has 1 rings (SSSR count). The highest BCUT2D eigenvalue weighted by molar-refractivity contribution is 7.98. The molecule has 0 aliphatic heterocycles. The highest BCUT2D eigenvalue weighted by Gasteiger charge is 2.32. The van der Waals surface area contributed by atoms with Gasteiger partial charge in [-0.25, -0.2) is 9.78 Å². The summed E-state index contributed by atoms with van der Waals surface area (Å²) in [5, 5.41) is 17.5. The van der Waals surface area contributed by atoms with Gasteiger partial charge in [-0.05, 0) is 37.2 Å². The predicted octanol–water partition coefficient (Wildman–Crippen LogP) is -1.33. The van der Waals surface area contributed by atoms with Crippen molar-refractivity contribution in [1.82, 2.24) is 25.9 Å². The van der Waals surface area contributed by atoms with E-state index in [9.17, 15) is 24.3 Å². The molecule has 1 heterocycles. The number of H-pyrrole nitrogens is 1. The Balaban J connectivity index is 2.91. The van der Waals surface area contributed by atoms with Gasteiger partial charge in [0.15, 0.2) is 5.96 Å². The quantitative estimate of drug-likeness (QED) is 0.0602. The van der Waals surface area contributed by atoms with Crippen LogP contribution >= 0.6 is 11.8 Å². The van der Waals surface area contributed by atoms with Gasteiger partial charge < -0.3 is 43.2 Å². The van der Waals surface area contributed by atoms with Gasteiger partial charge in [-0.2, -0.15) is 11.8 Å². The van der Waals surface area contributed by atoms with Crippen molar-refractivity contribution in [1.29, 1.82) is 0 Å². The third-order valence-electron chi connectivity index (χ3n) is 5.93. The summed E-state index contributed by atoms with van der Waals surface area (Å²) in [7, 11) is 0. The van der Waals surface area contributed by atoms with Crippen molar-refractivity contribution in [3.63, 3.8) is 0 Å². The smallest absolute Gasteiger partial charge is 0.326 e. The van der Waals surface area contributed by atoms with E-state index in [0.717, 1.165) is 0 Å². The Labute approximate surface area is 226 Å². The maximum atomic E-state index is 13.3. The highest BCUT2D eigenvalue weighted by Crippen LogP contribution is 2.11. The number of nitrogens with zero attached hydrogens (tertiary/aromatic N) is 2. The topological polar surface area (TPSA) is 244 Å². The molecule has 0 spiro atoms. The van der Waals surface area contributed by atoms with Crippen molar-refractivity contribution in [2.24, 2.45) is 28.1 Å². The number of imidazole rings is 1. The van der Waals surface area contributed by atoms with Crippen molar-refractivity contribution in [2.45, 2.75) is 70.1 Å². The number of rotatable bonds is 18. The highest BCUT2D eigenvalue weighted by atomic mass is 32.2. The number of hydrogen-bond acceptors (Lipinski definition) is 8. The van der Waals surface area contributed by atoms with Crippen LogP contribution in [0.1, 0.15) is 45.2 Å². The normalized spacial score (nSPS) is 14.8. The zero-order chi connectivity index (χ0) is 28.7. The lowest BCUT2D eigenvalue weighted by Gasteiger charge is -2.28. The van der Waals surface area contributed by atoms with Crippen LogP contribution in [0.25, 0.3) is 0 Å². The zero-order valence-electron chi connectivity index (χ0n) is 22.1. The molecule has 214 valence electrons. The fraction of sp³-hybridized carbons (Fsp3) is 0.652. The van der Waals surface area contributed by atoms with Crippen molar-refractivity contribution < 1.29 is 24.3 Å². The molecule has 3 amide bonds. The molecular weight excluding hydrogens is 514 g/mol. The minimum Gasteiger partial charge on any atom is -0.480 e. The molecule has 0 radical (unpaired) electrons. The lowest BCUT2D eigenvalue weighted by atomic mass is 9.97. The molecule has 15 heteroatoms. The monoisotopic (exact) mass is 555 g/mol. The molecule has 0 bridgehead atoms. The summed E-state index contributed by atoms with van der Waals surface area (Å²) in [5.74, 6) is -2.69. The number of carbonyl (C=O) groups excluding carboxylic acids is 3. The van der Waals surface area contributed by atoms with Crippen LogP contribution in [0, 0.1) is 5.92 Å². The fourth-order valence-corrected chi connectivity index (χ4v) is 3.94. The number of aromatic amines is 1. The van der Waals surface area contributed by atoms with Crippen molar-refractivity contribution >= 4 is 41.4 Å². The van der Waals surface area contributed by atoms with Gasteiger partial charge >= 0.3 is 5.97 Å². The van der Waals surface area contributed by atoms with E-state index in [1.54, 1.807) is 6.92 Å². The summed E-state index contributed by atoms with van der Waals surface area (Å²) in [6.07, 6.45) is 6.36. The molecular formula is C23H41N9O5S. The summed E-state index contributed by atoms with van der Waals surface area (Å²) in [5.41, 5.74) is 17.1. The number of carboxylic acid groups (broad SMARTS) is 1. The van der Waals surface area contributed by atoms with Crippen LogP contribution in [0.15, 0.2) is 17.5 Å². The first-order valence-electron chi connectivity index (χ1n) is 12.4. The Hall–Kier alpha value is -3.33. The minimum atomic E-state index is -1.22. The number of hydrogen-bond donors (Lipinski definition) is 8. The average molecular weight is 556 g/mol. The Morgan fingerprint density at radius 2 is 1.79 bits per heavy atom. The van der Waals surface area contributed by atoms with E-state index in [1.165, 1.54) is 24.3 Å². The molecule has 1 aromatic rings. The third kappa shape index (κ3) is 11.8. The molecule has 0 aliphatic carbocycles. The number of carboxylic acids is 1. The number of guanidine groups is 1. The fourth-order valence-electron chi connectivity index (χ4n) is 3.47. The second kappa shape index (κ2) is 17.2. The molecule has 0 saturated carbocycles. The minimum absolute atomic E-state index is 0.00308. The van der Waals surface area contributed by atoms with Gasteiger partial charge in [-0.1, -0.05) is 20.3 Å². The maximum Gasteiger partial charge on any atom is 0.326 e. The molecule has 1 aromatic heterocycles. The Bertz CT molecular complexity index is 924. The number of aliphatic imine (C=N–C) groups is 1. The largest absolute Gasteiger partial charge is 0.480 e. The Morgan fingerprint density at radius 3 is 2.34 bits per heavy atom. The molecule has 5 atom stereocenters. The van der Waals surface area contributed by atoms with Crippen molar-refractivity contribution in [3.8, 4) is 0 Å². The summed E-state index contributed by atoms with van der Waals surface area (Å²) in [4.78, 5) is 61.3. The van der Waals surface area contributed by atoms with Gasteiger partial charge in [0, 0.05) is 24.9 Å². The second-order valence-corrected chi connectivity index (χ2v) is 9.94. The van der Waals surface area contributed by atoms with E-state index < -0.39 is 47.9 Å². The lowest BCUT2D eigenvalue weighted by molar-refractivity contribution is -0.142. The van der Waals surface area contributed by atoms with Crippen LogP contribution in [-0.4, -0.2) is 87.4 Å². The molecule has 14 nitrogen and oxygen atoms in total. The number of aromatic nitrogens is 2. The first kappa shape index (κ1) is 32.7.